The minimum Gasteiger partial charge on any atom is -0.325 e. The van der Waals surface area contributed by atoms with Gasteiger partial charge >= 0.3 is 6.18 Å². The molecule has 3 rings (SSSR count). The number of hydrogen-bond donors (Lipinski definition) is 1. The monoisotopic (exact) mass is 421 g/mol. The van der Waals surface area contributed by atoms with Crippen LogP contribution in [0.5, 0.6) is 0 Å². The molecular weight excluding hydrogens is 403 g/mol. The fourth-order valence-electron chi connectivity index (χ4n) is 2.66. The number of benzene rings is 1. The Balaban J connectivity index is 1.72. The van der Waals surface area contributed by atoms with Crippen molar-refractivity contribution in [1.29, 1.82) is 0 Å². The summed E-state index contributed by atoms with van der Waals surface area (Å²) < 4.78 is 41.1. The average molecular weight is 421 g/mol. The van der Waals surface area contributed by atoms with Crippen molar-refractivity contribution in [3.05, 3.63) is 54.2 Å². The van der Waals surface area contributed by atoms with Crippen molar-refractivity contribution in [1.82, 2.24) is 19.7 Å². The number of alkyl halides is 3. The summed E-state index contributed by atoms with van der Waals surface area (Å²) in [5.74, 6) is -0.0779. The maximum atomic E-state index is 13.1. The summed E-state index contributed by atoms with van der Waals surface area (Å²) in [4.78, 5) is 16.5. The van der Waals surface area contributed by atoms with Crippen molar-refractivity contribution in [3.63, 3.8) is 0 Å². The van der Waals surface area contributed by atoms with Crippen LogP contribution in [0.15, 0.2) is 53.8 Å². The van der Waals surface area contributed by atoms with Crippen LogP contribution < -0.4 is 5.32 Å². The zero-order valence-electron chi connectivity index (χ0n) is 15.5. The van der Waals surface area contributed by atoms with Crippen LogP contribution in [0, 0.1) is 0 Å². The van der Waals surface area contributed by atoms with Crippen LogP contribution in [0.25, 0.3) is 11.5 Å². The number of aromatic nitrogens is 4. The number of nitrogens with one attached hydrogen (secondary N) is 1. The van der Waals surface area contributed by atoms with Crippen LogP contribution in [-0.4, -0.2) is 31.4 Å². The maximum absolute atomic E-state index is 13.1. The van der Waals surface area contributed by atoms with Gasteiger partial charge in [0.05, 0.1) is 17.0 Å². The first-order valence-corrected chi connectivity index (χ1v) is 9.82. The number of halogens is 3. The van der Waals surface area contributed by atoms with E-state index >= 15 is 0 Å². The Morgan fingerprint density at radius 1 is 1.14 bits per heavy atom. The van der Waals surface area contributed by atoms with E-state index in [2.05, 4.69) is 20.5 Å². The van der Waals surface area contributed by atoms with Crippen LogP contribution in [0.4, 0.5) is 18.9 Å². The van der Waals surface area contributed by atoms with Crippen molar-refractivity contribution in [2.24, 2.45) is 0 Å². The summed E-state index contributed by atoms with van der Waals surface area (Å²) in [6, 6.07) is 10.3. The minimum absolute atomic E-state index is 0.101. The number of nitrogens with zero attached hydrogens (tertiary/aromatic N) is 4. The molecule has 2 aromatic heterocycles. The molecule has 0 saturated carbocycles. The topological polar surface area (TPSA) is 72.7 Å². The molecular formula is C19H18F3N5OS. The number of pyridine rings is 1. The molecule has 0 bridgehead atoms. The summed E-state index contributed by atoms with van der Waals surface area (Å²) in [6.07, 6.45) is -2.08. The second kappa shape index (κ2) is 9.08. The van der Waals surface area contributed by atoms with Gasteiger partial charge in [-0.05, 0) is 30.7 Å². The minimum atomic E-state index is -4.55. The number of thioether (sulfide) groups is 1. The molecule has 6 nitrogen and oxygen atoms in total. The van der Waals surface area contributed by atoms with Gasteiger partial charge in [0.15, 0.2) is 11.0 Å². The van der Waals surface area contributed by atoms with Gasteiger partial charge in [-0.15, -0.1) is 10.2 Å². The van der Waals surface area contributed by atoms with Crippen molar-refractivity contribution in [2.45, 2.75) is 31.2 Å². The summed E-state index contributed by atoms with van der Waals surface area (Å²) in [6.45, 7) is 2.62. The molecule has 0 unspecified atom stereocenters. The summed E-state index contributed by atoms with van der Waals surface area (Å²) in [7, 11) is 0. The Morgan fingerprint density at radius 2 is 1.90 bits per heavy atom. The van der Waals surface area contributed by atoms with Gasteiger partial charge in [0.25, 0.3) is 0 Å². The molecule has 1 N–H and O–H groups in total. The highest BCUT2D eigenvalue weighted by molar-refractivity contribution is 7.99. The molecule has 29 heavy (non-hydrogen) atoms. The average Bonchev–Trinajstić information content (AvgIpc) is 3.10. The third-order valence-electron chi connectivity index (χ3n) is 3.90. The van der Waals surface area contributed by atoms with Crippen molar-refractivity contribution in [3.8, 4) is 11.5 Å². The Labute approximate surface area is 169 Å². The molecule has 1 aromatic carbocycles. The third-order valence-corrected chi connectivity index (χ3v) is 4.86. The fourth-order valence-corrected chi connectivity index (χ4v) is 3.43. The molecule has 0 saturated heterocycles. The number of anilines is 1. The van der Waals surface area contributed by atoms with Crippen LogP contribution in [0.3, 0.4) is 0 Å². The molecule has 0 aliphatic carbocycles. The van der Waals surface area contributed by atoms with E-state index in [1.807, 2.05) is 23.6 Å². The second-order valence-electron chi connectivity index (χ2n) is 6.05. The molecule has 1 amide bonds. The molecule has 0 fully saturated rings. The Hall–Kier alpha value is -2.88. The quantitative estimate of drug-likeness (QED) is 0.569. The Morgan fingerprint density at radius 3 is 2.59 bits per heavy atom. The van der Waals surface area contributed by atoms with Gasteiger partial charge in [-0.1, -0.05) is 36.9 Å². The maximum Gasteiger partial charge on any atom is 0.418 e. The van der Waals surface area contributed by atoms with E-state index in [1.54, 1.807) is 12.3 Å². The fraction of sp³-hybridized carbons (Fsp3) is 0.263. The molecule has 0 atom stereocenters. The lowest BCUT2D eigenvalue weighted by atomic mass is 10.1. The number of carbonyl (C=O) groups excluding carboxylic acids is 1. The Bertz CT molecular complexity index is 975. The first-order chi connectivity index (χ1) is 13.9. The van der Waals surface area contributed by atoms with Crippen LogP contribution in [0.1, 0.15) is 18.9 Å². The predicted octanol–water partition coefficient (Wildman–Crippen LogP) is 4.50. The molecule has 0 radical (unpaired) electrons. The smallest absolute Gasteiger partial charge is 0.325 e. The van der Waals surface area contributed by atoms with Crippen molar-refractivity contribution >= 4 is 23.4 Å². The van der Waals surface area contributed by atoms with Gasteiger partial charge < -0.3 is 9.88 Å². The second-order valence-corrected chi connectivity index (χ2v) is 7.00. The number of hydrogen-bond acceptors (Lipinski definition) is 5. The highest BCUT2D eigenvalue weighted by atomic mass is 32.2. The SMILES string of the molecule is CCCn1c(SCC(=O)Nc2ccccc2C(F)(F)F)nnc1-c1ccccn1. The van der Waals surface area contributed by atoms with E-state index in [0.717, 1.165) is 24.2 Å². The Kier molecular flexibility index (Phi) is 6.53. The predicted molar refractivity (Wildman–Crippen MR) is 104 cm³/mol. The number of para-hydroxylation sites is 1. The van der Waals surface area contributed by atoms with E-state index in [0.29, 0.717) is 23.2 Å². The van der Waals surface area contributed by atoms with Gasteiger partial charge in [-0.3, -0.25) is 9.78 Å². The van der Waals surface area contributed by atoms with Gasteiger partial charge in [0.2, 0.25) is 5.91 Å². The molecule has 2 heterocycles. The van der Waals surface area contributed by atoms with Crippen molar-refractivity contribution in [2.75, 3.05) is 11.1 Å². The molecule has 0 aliphatic heterocycles. The number of amides is 1. The molecule has 0 spiro atoms. The molecule has 0 aliphatic rings. The van der Waals surface area contributed by atoms with E-state index in [-0.39, 0.29) is 11.4 Å². The summed E-state index contributed by atoms with van der Waals surface area (Å²) >= 11 is 1.11. The number of carbonyl (C=O) groups is 1. The van der Waals surface area contributed by atoms with Crippen LogP contribution in [0.2, 0.25) is 0 Å². The molecule has 152 valence electrons. The zero-order valence-corrected chi connectivity index (χ0v) is 16.3. The zero-order chi connectivity index (χ0) is 20.9. The van der Waals surface area contributed by atoms with E-state index < -0.39 is 17.6 Å². The number of rotatable bonds is 7. The summed E-state index contributed by atoms with van der Waals surface area (Å²) in [5.41, 5.74) is -0.497. The standard InChI is InChI=1S/C19H18F3N5OS/c1-2-11-27-17(15-9-5-6-10-23-15)25-26-18(27)29-12-16(28)24-14-8-4-3-7-13(14)19(20,21)22/h3-10H,2,11-12H2,1H3,(H,24,28). The first kappa shape index (κ1) is 20.8. The lowest BCUT2D eigenvalue weighted by Crippen LogP contribution is -2.18. The van der Waals surface area contributed by atoms with E-state index in [9.17, 15) is 18.0 Å². The normalized spacial score (nSPS) is 11.4. The van der Waals surface area contributed by atoms with Gasteiger partial charge in [-0.2, -0.15) is 13.2 Å². The van der Waals surface area contributed by atoms with Gasteiger partial charge in [0, 0.05) is 12.7 Å². The van der Waals surface area contributed by atoms with Gasteiger partial charge in [-0.25, -0.2) is 0 Å². The van der Waals surface area contributed by atoms with Crippen LogP contribution >= 0.6 is 11.8 Å². The first-order valence-electron chi connectivity index (χ1n) is 8.83. The van der Waals surface area contributed by atoms with E-state index in [1.165, 1.54) is 18.2 Å². The highest BCUT2D eigenvalue weighted by Crippen LogP contribution is 2.34. The van der Waals surface area contributed by atoms with E-state index in [4.69, 9.17) is 0 Å². The molecule has 10 heteroatoms. The highest BCUT2D eigenvalue weighted by Gasteiger charge is 2.33. The van der Waals surface area contributed by atoms with Crippen LogP contribution in [-0.2, 0) is 17.5 Å². The molecule has 3 aromatic rings. The largest absolute Gasteiger partial charge is 0.418 e. The third kappa shape index (κ3) is 5.14. The van der Waals surface area contributed by atoms with Gasteiger partial charge in [0.1, 0.15) is 5.69 Å². The van der Waals surface area contributed by atoms with Crippen molar-refractivity contribution < 1.29 is 18.0 Å². The lowest BCUT2D eigenvalue weighted by Gasteiger charge is -2.13. The summed E-state index contributed by atoms with van der Waals surface area (Å²) in [5, 5.41) is 11.1. The lowest BCUT2D eigenvalue weighted by molar-refractivity contribution is -0.137.